The van der Waals surface area contributed by atoms with Crippen molar-refractivity contribution >= 4 is 29.9 Å². The zero-order valence-electron chi connectivity index (χ0n) is 17.1. The molecule has 0 radical (unpaired) electrons. The van der Waals surface area contributed by atoms with Gasteiger partial charge in [0, 0.05) is 31.8 Å². The first-order valence-electron chi connectivity index (χ1n) is 10.4. The van der Waals surface area contributed by atoms with Crippen molar-refractivity contribution in [1.29, 1.82) is 0 Å². The van der Waals surface area contributed by atoms with Crippen LogP contribution in [0.3, 0.4) is 0 Å². The fraction of sp³-hybridized carbons (Fsp3) is 0.667. The van der Waals surface area contributed by atoms with Gasteiger partial charge in [-0.1, -0.05) is 18.2 Å². The minimum atomic E-state index is -0.956. The number of halogens is 2. The zero-order chi connectivity index (χ0) is 19.8. The van der Waals surface area contributed by atoms with Crippen LogP contribution >= 0.6 is 24.0 Å². The Balaban J connectivity index is 0.00000300. The van der Waals surface area contributed by atoms with E-state index in [4.69, 9.17) is 9.47 Å². The van der Waals surface area contributed by atoms with Gasteiger partial charge in [0.2, 0.25) is 0 Å². The molecule has 6 nitrogen and oxygen atoms in total. The highest BCUT2D eigenvalue weighted by Crippen LogP contribution is 2.19. The second-order valence-electron chi connectivity index (χ2n) is 7.39. The summed E-state index contributed by atoms with van der Waals surface area (Å²) in [5.74, 6) is 0.356. The number of aliphatic imine (C=N–C) groups is 1. The number of nitrogens with zero attached hydrogens (tertiary/aromatic N) is 2. The molecule has 0 spiro atoms. The Labute approximate surface area is 189 Å². The number of hydrogen-bond acceptors (Lipinski definition) is 4. The summed E-state index contributed by atoms with van der Waals surface area (Å²) in [5.41, 5.74) is 0.281. The molecular weight excluding hydrogens is 488 g/mol. The first-order chi connectivity index (χ1) is 13.7. The molecule has 2 atom stereocenters. The van der Waals surface area contributed by atoms with Crippen LogP contribution in [0.5, 0.6) is 0 Å². The van der Waals surface area contributed by atoms with E-state index in [1.165, 1.54) is 6.07 Å². The lowest BCUT2D eigenvalue weighted by atomic mass is 10.1. The number of hydrogen-bond donors (Lipinski definition) is 2. The van der Waals surface area contributed by atoms with Gasteiger partial charge in [-0.3, -0.25) is 4.99 Å². The van der Waals surface area contributed by atoms with Gasteiger partial charge >= 0.3 is 0 Å². The van der Waals surface area contributed by atoms with E-state index in [1.54, 1.807) is 18.2 Å². The third-order valence-electron chi connectivity index (χ3n) is 5.30. The summed E-state index contributed by atoms with van der Waals surface area (Å²) < 4.78 is 25.5. The van der Waals surface area contributed by atoms with Crippen molar-refractivity contribution in [2.45, 2.75) is 50.9 Å². The highest BCUT2D eigenvalue weighted by Gasteiger charge is 2.24. The number of ether oxygens (including phenoxy) is 2. The van der Waals surface area contributed by atoms with Crippen LogP contribution in [0.25, 0.3) is 0 Å². The molecule has 8 heteroatoms. The van der Waals surface area contributed by atoms with Gasteiger partial charge in [-0.2, -0.15) is 0 Å². The molecule has 2 aliphatic rings. The maximum atomic E-state index is 13.8. The second-order valence-corrected chi connectivity index (χ2v) is 7.39. The molecule has 1 aromatic carbocycles. The minimum Gasteiger partial charge on any atom is -0.386 e. The van der Waals surface area contributed by atoms with Gasteiger partial charge in [-0.05, 0) is 38.7 Å². The van der Waals surface area contributed by atoms with Crippen molar-refractivity contribution in [3.63, 3.8) is 0 Å². The molecule has 0 saturated carbocycles. The van der Waals surface area contributed by atoms with Crippen LogP contribution < -0.4 is 5.32 Å². The highest BCUT2D eigenvalue weighted by molar-refractivity contribution is 14.0. The summed E-state index contributed by atoms with van der Waals surface area (Å²) in [5, 5.41) is 13.6. The molecule has 0 aromatic heterocycles. The van der Waals surface area contributed by atoms with Gasteiger partial charge in [0.05, 0.1) is 25.4 Å². The maximum absolute atomic E-state index is 13.8. The van der Waals surface area contributed by atoms with E-state index in [-0.39, 0.29) is 48.3 Å². The number of piperidine rings is 1. The third kappa shape index (κ3) is 7.34. The van der Waals surface area contributed by atoms with E-state index in [9.17, 15) is 9.50 Å². The van der Waals surface area contributed by atoms with E-state index in [0.29, 0.717) is 6.61 Å². The molecule has 1 aromatic rings. The molecule has 164 valence electrons. The Bertz CT molecular complexity index is 635. The van der Waals surface area contributed by atoms with Crippen LogP contribution in [0.1, 0.15) is 44.3 Å². The van der Waals surface area contributed by atoms with Gasteiger partial charge in [0.25, 0.3) is 0 Å². The Morgan fingerprint density at radius 2 is 2.10 bits per heavy atom. The van der Waals surface area contributed by atoms with Crippen molar-refractivity contribution in [2.24, 2.45) is 4.99 Å². The largest absolute Gasteiger partial charge is 0.386 e. The van der Waals surface area contributed by atoms with Gasteiger partial charge in [-0.15, -0.1) is 24.0 Å². The van der Waals surface area contributed by atoms with Crippen molar-refractivity contribution in [3.8, 4) is 0 Å². The van der Waals surface area contributed by atoms with Crippen LogP contribution in [0.2, 0.25) is 0 Å². The molecule has 2 aliphatic heterocycles. The van der Waals surface area contributed by atoms with Crippen LogP contribution in [-0.4, -0.2) is 67.6 Å². The van der Waals surface area contributed by atoms with E-state index in [0.717, 1.165) is 57.9 Å². The summed E-state index contributed by atoms with van der Waals surface area (Å²) in [6, 6.07) is 6.29. The molecule has 2 N–H and O–H groups in total. The van der Waals surface area contributed by atoms with E-state index in [1.807, 2.05) is 6.92 Å². The molecule has 2 unspecified atom stereocenters. The summed E-state index contributed by atoms with van der Waals surface area (Å²) in [6.07, 6.45) is 3.67. The molecule has 0 amide bonds. The number of guanidine groups is 1. The molecular formula is C21H33FIN3O3. The van der Waals surface area contributed by atoms with Gasteiger partial charge in [-0.25, -0.2) is 4.39 Å². The molecule has 29 heavy (non-hydrogen) atoms. The van der Waals surface area contributed by atoms with Crippen LogP contribution in [0.4, 0.5) is 4.39 Å². The first-order valence-corrected chi connectivity index (χ1v) is 10.4. The topological polar surface area (TPSA) is 66.3 Å². The summed E-state index contributed by atoms with van der Waals surface area (Å²) in [6.45, 7) is 6.11. The number of aliphatic hydroxyl groups is 1. The zero-order valence-corrected chi connectivity index (χ0v) is 19.4. The highest BCUT2D eigenvalue weighted by atomic mass is 127. The average Bonchev–Trinajstić information content (AvgIpc) is 3.24. The molecule has 2 heterocycles. The Kier molecular flexibility index (Phi) is 10.6. The van der Waals surface area contributed by atoms with Gasteiger partial charge < -0.3 is 24.8 Å². The van der Waals surface area contributed by atoms with Crippen LogP contribution in [-0.2, 0) is 9.47 Å². The maximum Gasteiger partial charge on any atom is 0.194 e. The quantitative estimate of drug-likeness (QED) is 0.328. The molecule has 3 rings (SSSR count). The van der Waals surface area contributed by atoms with Crippen molar-refractivity contribution in [1.82, 2.24) is 10.2 Å². The molecule has 0 aliphatic carbocycles. The van der Waals surface area contributed by atoms with E-state index in [2.05, 4.69) is 15.2 Å². The molecule has 0 bridgehead atoms. The molecule has 2 saturated heterocycles. The lowest BCUT2D eigenvalue weighted by Crippen LogP contribution is -2.47. The number of aliphatic hydroxyl groups excluding tert-OH is 1. The predicted molar refractivity (Wildman–Crippen MR) is 122 cm³/mol. The summed E-state index contributed by atoms with van der Waals surface area (Å²) >= 11 is 0. The smallest absolute Gasteiger partial charge is 0.194 e. The lowest BCUT2D eigenvalue weighted by molar-refractivity contribution is -0.0367. The first kappa shape index (κ1) is 24.3. The fourth-order valence-electron chi connectivity index (χ4n) is 3.70. The van der Waals surface area contributed by atoms with Crippen molar-refractivity contribution in [2.75, 3.05) is 39.4 Å². The third-order valence-corrected chi connectivity index (χ3v) is 5.30. The normalized spacial score (nSPS) is 21.7. The second kappa shape index (κ2) is 12.7. The van der Waals surface area contributed by atoms with Gasteiger partial charge in [0.1, 0.15) is 11.9 Å². The number of nitrogens with one attached hydrogen (secondary N) is 1. The lowest BCUT2D eigenvalue weighted by Gasteiger charge is -2.34. The van der Waals surface area contributed by atoms with Crippen LogP contribution in [0.15, 0.2) is 29.3 Å². The van der Waals surface area contributed by atoms with Crippen molar-refractivity contribution in [3.05, 3.63) is 35.6 Å². The summed E-state index contributed by atoms with van der Waals surface area (Å²) in [7, 11) is 0. The Morgan fingerprint density at radius 3 is 2.76 bits per heavy atom. The Hall–Kier alpha value is -0.970. The number of likely N-dealkylation sites (tertiary alicyclic amines) is 1. The molecule has 2 fully saturated rings. The van der Waals surface area contributed by atoms with Gasteiger partial charge in [0.15, 0.2) is 5.96 Å². The van der Waals surface area contributed by atoms with E-state index >= 15 is 0 Å². The summed E-state index contributed by atoms with van der Waals surface area (Å²) in [4.78, 5) is 6.73. The number of benzene rings is 1. The van der Waals surface area contributed by atoms with Crippen molar-refractivity contribution < 1.29 is 19.0 Å². The van der Waals surface area contributed by atoms with Crippen LogP contribution in [0, 0.1) is 5.82 Å². The standard InChI is InChI=1S/C21H32FN3O3.HI/c1-2-23-21(24-14-20(26)18-7-3-4-8-19(18)22)25-11-9-16(10-12-25)28-15-17-6-5-13-27-17;/h3-4,7-8,16-17,20,26H,2,5-6,9-15H2,1H3,(H,23,24);1H. The number of rotatable bonds is 7. The minimum absolute atomic E-state index is 0. The fourth-order valence-corrected chi connectivity index (χ4v) is 3.70. The SMILES string of the molecule is CCNC(=NCC(O)c1ccccc1F)N1CCC(OCC2CCCO2)CC1.I. The average molecular weight is 521 g/mol. The monoisotopic (exact) mass is 521 g/mol. The van der Waals surface area contributed by atoms with E-state index < -0.39 is 11.9 Å². The Morgan fingerprint density at radius 1 is 1.34 bits per heavy atom. The predicted octanol–water partition coefficient (Wildman–Crippen LogP) is 3.10.